The van der Waals surface area contributed by atoms with Crippen molar-refractivity contribution >= 4 is 22.5 Å². The van der Waals surface area contributed by atoms with Gasteiger partial charge in [-0.15, -0.1) is 0 Å². The van der Waals surface area contributed by atoms with E-state index < -0.39 is 5.60 Å². The molecule has 2 fully saturated rings. The van der Waals surface area contributed by atoms with Crippen molar-refractivity contribution in [3.8, 4) is 11.3 Å². The Bertz CT molecular complexity index is 1060. The van der Waals surface area contributed by atoms with Crippen molar-refractivity contribution in [3.63, 3.8) is 0 Å². The Morgan fingerprint density at radius 2 is 1.74 bits per heavy atom. The standard InChI is InChI=1S/C24H29N5O2/c1-24(2,30)18-7-10-29(16-18)23-22-21(25-8-9-26-22)15-20(27-23)17-3-5-19(6-4-17)28-11-13-31-14-12-28/h3-6,8-9,15,18,30H,7,10-14,16H2,1-2H3. The maximum Gasteiger partial charge on any atom is 0.157 e. The van der Waals surface area contributed by atoms with Crippen LogP contribution in [0.2, 0.25) is 0 Å². The molecule has 1 aromatic carbocycles. The average molecular weight is 420 g/mol. The Morgan fingerprint density at radius 1 is 1.00 bits per heavy atom. The van der Waals surface area contributed by atoms with E-state index in [1.807, 2.05) is 19.9 Å². The molecule has 2 saturated heterocycles. The predicted molar refractivity (Wildman–Crippen MR) is 122 cm³/mol. The number of anilines is 2. The van der Waals surface area contributed by atoms with Crippen molar-refractivity contribution in [2.45, 2.75) is 25.9 Å². The minimum atomic E-state index is -0.705. The number of hydrogen-bond acceptors (Lipinski definition) is 7. The summed E-state index contributed by atoms with van der Waals surface area (Å²) in [5.74, 6) is 1.06. The van der Waals surface area contributed by atoms with Gasteiger partial charge in [0.2, 0.25) is 0 Å². The minimum absolute atomic E-state index is 0.206. The molecule has 7 heteroatoms. The zero-order valence-corrected chi connectivity index (χ0v) is 18.2. The number of rotatable bonds is 4. The highest BCUT2D eigenvalue weighted by Gasteiger charge is 2.35. The molecule has 7 nitrogen and oxygen atoms in total. The Labute approximate surface area is 182 Å². The Morgan fingerprint density at radius 3 is 2.45 bits per heavy atom. The van der Waals surface area contributed by atoms with Crippen molar-refractivity contribution in [2.24, 2.45) is 5.92 Å². The van der Waals surface area contributed by atoms with Gasteiger partial charge in [0.1, 0.15) is 5.52 Å². The summed E-state index contributed by atoms with van der Waals surface area (Å²) in [6.07, 6.45) is 4.38. The van der Waals surface area contributed by atoms with Crippen LogP contribution in [0.5, 0.6) is 0 Å². The normalized spacial score (nSPS) is 19.9. The molecule has 3 aromatic rings. The van der Waals surface area contributed by atoms with Gasteiger partial charge in [-0.25, -0.2) is 9.97 Å². The molecule has 5 rings (SSSR count). The Hall–Kier alpha value is -2.77. The number of benzene rings is 1. The summed E-state index contributed by atoms with van der Waals surface area (Å²) < 4.78 is 5.46. The zero-order valence-electron chi connectivity index (χ0n) is 18.2. The van der Waals surface area contributed by atoms with Crippen LogP contribution in [0.3, 0.4) is 0 Å². The molecule has 4 heterocycles. The highest BCUT2D eigenvalue weighted by Crippen LogP contribution is 2.34. The van der Waals surface area contributed by atoms with Crippen LogP contribution < -0.4 is 9.80 Å². The number of hydrogen-bond donors (Lipinski definition) is 1. The van der Waals surface area contributed by atoms with E-state index in [1.165, 1.54) is 5.69 Å². The van der Waals surface area contributed by atoms with E-state index in [1.54, 1.807) is 12.4 Å². The second-order valence-electron chi connectivity index (χ2n) is 8.99. The average Bonchev–Trinajstić information content (AvgIpc) is 3.30. The van der Waals surface area contributed by atoms with Gasteiger partial charge in [-0.3, -0.25) is 4.98 Å². The molecular formula is C24H29N5O2. The van der Waals surface area contributed by atoms with Crippen molar-refractivity contribution in [3.05, 3.63) is 42.7 Å². The van der Waals surface area contributed by atoms with E-state index in [-0.39, 0.29) is 5.92 Å². The molecule has 0 aliphatic carbocycles. The van der Waals surface area contributed by atoms with Crippen molar-refractivity contribution in [1.82, 2.24) is 15.0 Å². The lowest BCUT2D eigenvalue weighted by Crippen LogP contribution is -2.36. The number of morpholine rings is 1. The van der Waals surface area contributed by atoms with Gasteiger partial charge in [0, 0.05) is 55.7 Å². The number of fused-ring (bicyclic) bond motifs is 1. The van der Waals surface area contributed by atoms with Crippen LogP contribution in [0.15, 0.2) is 42.7 Å². The van der Waals surface area contributed by atoms with Crippen molar-refractivity contribution in [1.29, 1.82) is 0 Å². The fourth-order valence-corrected chi connectivity index (χ4v) is 4.52. The Balaban J connectivity index is 1.49. The van der Waals surface area contributed by atoms with Crippen molar-refractivity contribution < 1.29 is 9.84 Å². The molecule has 2 aromatic heterocycles. The maximum atomic E-state index is 10.5. The van der Waals surface area contributed by atoms with Crippen LogP contribution in [0, 0.1) is 5.92 Å². The molecule has 31 heavy (non-hydrogen) atoms. The smallest absolute Gasteiger partial charge is 0.157 e. The Kier molecular flexibility index (Phi) is 5.24. The summed E-state index contributed by atoms with van der Waals surface area (Å²) in [4.78, 5) is 18.7. The first kappa shape index (κ1) is 20.2. The first-order chi connectivity index (χ1) is 15.0. The predicted octanol–water partition coefficient (Wildman–Crippen LogP) is 3.13. The monoisotopic (exact) mass is 419 g/mol. The van der Waals surface area contributed by atoms with E-state index >= 15 is 0 Å². The van der Waals surface area contributed by atoms with Crippen LogP contribution in [0.1, 0.15) is 20.3 Å². The van der Waals surface area contributed by atoms with Gasteiger partial charge in [0.15, 0.2) is 5.82 Å². The molecule has 162 valence electrons. The highest BCUT2D eigenvalue weighted by molar-refractivity contribution is 5.89. The van der Waals surface area contributed by atoms with Gasteiger partial charge in [0.05, 0.1) is 30.0 Å². The second-order valence-corrected chi connectivity index (χ2v) is 8.99. The maximum absolute atomic E-state index is 10.5. The summed E-state index contributed by atoms with van der Waals surface area (Å²) in [5.41, 5.74) is 4.11. The summed E-state index contributed by atoms with van der Waals surface area (Å²) in [6, 6.07) is 10.6. The minimum Gasteiger partial charge on any atom is -0.390 e. The third-order valence-corrected chi connectivity index (χ3v) is 6.46. The lowest BCUT2D eigenvalue weighted by atomic mass is 9.90. The van der Waals surface area contributed by atoms with E-state index in [9.17, 15) is 5.11 Å². The number of nitrogens with zero attached hydrogens (tertiary/aromatic N) is 5. The van der Waals surface area contributed by atoms with Gasteiger partial charge < -0.3 is 19.6 Å². The van der Waals surface area contributed by atoms with E-state index in [0.717, 1.165) is 73.9 Å². The summed E-state index contributed by atoms with van der Waals surface area (Å²) in [5, 5.41) is 10.5. The summed E-state index contributed by atoms with van der Waals surface area (Å²) >= 11 is 0. The molecular weight excluding hydrogens is 390 g/mol. The third-order valence-electron chi connectivity index (χ3n) is 6.46. The molecule has 0 amide bonds. The van der Waals surface area contributed by atoms with Crippen LogP contribution in [-0.2, 0) is 4.74 Å². The topological polar surface area (TPSA) is 74.6 Å². The van der Waals surface area contributed by atoms with E-state index in [0.29, 0.717) is 0 Å². The first-order valence-corrected chi connectivity index (χ1v) is 11.0. The molecule has 0 saturated carbocycles. The third kappa shape index (κ3) is 4.07. The molecule has 0 bridgehead atoms. The summed E-state index contributed by atoms with van der Waals surface area (Å²) in [6.45, 7) is 8.79. The second kappa shape index (κ2) is 8.05. The lowest BCUT2D eigenvalue weighted by Gasteiger charge is -2.29. The van der Waals surface area contributed by atoms with E-state index in [2.05, 4.69) is 44.0 Å². The fraction of sp³-hybridized carbons (Fsp3) is 0.458. The lowest BCUT2D eigenvalue weighted by molar-refractivity contribution is 0.0263. The van der Waals surface area contributed by atoms with Gasteiger partial charge in [0.25, 0.3) is 0 Å². The molecule has 1 N–H and O–H groups in total. The molecule has 0 spiro atoms. The van der Waals surface area contributed by atoms with E-state index in [4.69, 9.17) is 9.72 Å². The zero-order chi connectivity index (χ0) is 21.4. The van der Waals surface area contributed by atoms with Gasteiger partial charge in [-0.05, 0) is 38.5 Å². The van der Waals surface area contributed by atoms with Crippen LogP contribution >= 0.6 is 0 Å². The van der Waals surface area contributed by atoms with Gasteiger partial charge in [-0.2, -0.15) is 0 Å². The molecule has 1 unspecified atom stereocenters. The molecule has 2 aliphatic heterocycles. The van der Waals surface area contributed by atoms with Crippen LogP contribution in [0.4, 0.5) is 11.5 Å². The number of aromatic nitrogens is 3. The van der Waals surface area contributed by atoms with Gasteiger partial charge in [-0.1, -0.05) is 12.1 Å². The summed E-state index contributed by atoms with van der Waals surface area (Å²) in [7, 11) is 0. The van der Waals surface area contributed by atoms with Crippen LogP contribution in [-0.4, -0.2) is 65.1 Å². The SMILES string of the molecule is CC(C)(O)C1CCN(c2nc(-c3ccc(N4CCOCC4)cc3)cc3nccnc23)C1. The highest BCUT2D eigenvalue weighted by atomic mass is 16.5. The fourth-order valence-electron chi connectivity index (χ4n) is 4.52. The van der Waals surface area contributed by atoms with Crippen LogP contribution in [0.25, 0.3) is 22.3 Å². The largest absolute Gasteiger partial charge is 0.390 e. The van der Waals surface area contributed by atoms with Gasteiger partial charge >= 0.3 is 0 Å². The number of pyridine rings is 1. The number of aliphatic hydroxyl groups is 1. The molecule has 2 aliphatic rings. The molecule has 1 atom stereocenters. The van der Waals surface area contributed by atoms with Crippen molar-refractivity contribution in [2.75, 3.05) is 49.2 Å². The number of ether oxygens (including phenoxy) is 1. The quantitative estimate of drug-likeness (QED) is 0.696. The first-order valence-electron chi connectivity index (χ1n) is 11.0. The molecule has 0 radical (unpaired) electrons.